The number of Topliss-reactive ketones (excluding diaryl/α,β-unsaturated/α-hetero) is 1. The van der Waals surface area contributed by atoms with Crippen molar-refractivity contribution < 1.29 is 14.3 Å². The third-order valence-corrected chi connectivity index (χ3v) is 3.55. The highest BCUT2D eigenvalue weighted by Crippen LogP contribution is 2.37. The lowest BCUT2D eigenvalue weighted by Crippen LogP contribution is -2.22. The molecule has 0 saturated carbocycles. The first-order chi connectivity index (χ1) is 11.2. The van der Waals surface area contributed by atoms with Gasteiger partial charge in [0, 0.05) is 6.07 Å². The van der Waals surface area contributed by atoms with Gasteiger partial charge < -0.3 is 9.47 Å². The van der Waals surface area contributed by atoms with E-state index in [2.05, 4.69) is 9.84 Å². The number of ether oxygens (including phenoxy) is 2. The van der Waals surface area contributed by atoms with Crippen molar-refractivity contribution in [1.82, 2.24) is 0 Å². The number of hydrogen-bond acceptors (Lipinski definition) is 4. The highest BCUT2D eigenvalue weighted by atomic mass is 16.5. The maximum atomic E-state index is 12.3. The van der Waals surface area contributed by atoms with Crippen LogP contribution in [0.2, 0.25) is 0 Å². The van der Waals surface area contributed by atoms with Crippen molar-refractivity contribution in [2.24, 2.45) is 4.99 Å². The predicted molar refractivity (Wildman–Crippen MR) is 86.6 cm³/mol. The highest BCUT2D eigenvalue weighted by molar-refractivity contribution is 6.16. The van der Waals surface area contributed by atoms with Gasteiger partial charge in [0.1, 0.15) is 6.61 Å². The lowest BCUT2D eigenvalue weighted by atomic mass is 10.00. The molecule has 0 amide bonds. The summed E-state index contributed by atoms with van der Waals surface area (Å²) < 4.78 is 11.1. The minimum absolute atomic E-state index is 0.266. The minimum atomic E-state index is -0.863. The minimum Gasteiger partial charge on any atom is -0.493 e. The first kappa shape index (κ1) is 14.8. The first-order valence-corrected chi connectivity index (χ1v) is 7.06. The van der Waals surface area contributed by atoms with Gasteiger partial charge in [-0.05, 0) is 11.6 Å². The van der Waals surface area contributed by atoms with Crippen LogP contribution in [0.15, 0.2) is 47.5 Å². The van der Waals surface area contributed by atoms with Crippen molar-refractivity contribution >= 4 is 17.7 Å². The lowest BCUT2D eigenvalue weighted by Gasteiger charge is -2.16. The zero-order valence-electron chi connectivity index (χ0n) is 12.5. The standard InChI is InChI=1S/C18H14N2O3/c1-19-15-10-20-14-9-16(22-2)17(8-13(14)18(15)21)23-11-12-6-4-3-5-7-12/h3-10,15H,11H2,2H3. The van der Waals surface area contributed by atoms with E-state index in [4.69, 9.17) is 16.0 Å². The summed E-state index contributed by atoms with van der Waals surface area (Å²) in [4.78, 5) is 19.7. The number of carbonyl (C=O) groups excluding carboxylic acids is 1. The molecular weight excluding hydrogens is 292 g/mol. The molecule has 0 aromatic heterocycles. The Morgan fingerprint density at radius 1 is 1.22 bits per heavy atom. The molecule has 5 nitrogen and oxygen atoms in total. The number of nitrogens with zero attached hydrogens (tertiary/aromatic N) is 2. The third-order valence-electron chi connectivity index (χ3n) is 3.55. The number of methoxy groups -OCH3 is 1. The van der Waals surface area contributed by atoms with E-state index >= 15 is 0 Å². The van der Waals surface area contributed by atoms with Crippen molar-refractivity contribution in [3.63, 3.8) is 0 Å². The zero-order valence-corrected chi connectivity index (χ0v) is 12.5. The number of benzene rings is 2. The van der Waals surface area contributed by atoms with Gasteiger partial charge in [-0.2, -0.15) is 0 Å². The van der Waals surface area contributed by atoms with E-state index in [1.54, 1.807) is 12.1 Å². The SMILES string of the molecule is [C-]#[N+]C1C=Nc2cc(OC)c(OCc3ccccc3)cc2C1=O. The van der Waals surface area contributed by atoms with Crippen LogP contribution in [0.3, 0.4) is 0 Å². The summed E-state index contributed by atoms with van der Waals surface area (Å²) in [6.07, 6.45) is 1.36. The molecule has 23 heavy (non-hydrogen) atoms. The molecule has 0 spiro atoms. The molecule has 1 unspecified atom stereocenters. The molecular formula is C18H14N2O3. The lowest BCUT2D eigenvalue weighted by molar-refractivity contribution is 0.0994. The van der Waals surface area contributed by atoms with Crippen LogP contribution >= 0.6 is 0 Å². The fraction of sp³-hybridized carbons (Fsp3) is 0.167. The maximum Gasteiger partial charge on any atom is 0.320 e. The van der Waals surface area contributed by atoms with Crippen LogP contribution in [-0.2, 0) is 6.61 Å². The molecule has 1 heterocycles. The van der Waals surface area contributed by atoms with E-state index in [9.17, 15) is 4.79 Å². The molecule has 1 aliphatic heterocycles. The van der Waals surface area contributed by atoms with E-state index < -0.39 is 6.04 Å². The summed E-state index contributed by atoms with van der Waals surface area (Å²) in [5.41, 5.74) is 1.90. The third kappa shape index (κ3) is 2.92. The van der Waals surface area contributed by atoms with Gasteiger partial charge in [-0.25, -0.2) is 6.57 Å². The number of fused-ring (bicyclic) bond motifs is 1. The van der Waals surface area contributed by atoms with Crippen molar-refractivity contribution in [1.29, 1.82) is 0 Å². The van der Waals surface area contributed by atoms with E-state index in [-0.39, 0.29) is 5.78 Å². The second-order valence-corrected chi connectivity index (χ2v) is 5.01. The van der Waals surface area contributed by atoms with Crippen molar-refractivity contribution in [3.8, 4) is 11.5 Å². The predicted octanol–water partition coefficient (Wildman–Crippen LogP) is 3.46. The van der Waals surface area contributed by atoms with Crippen LogP contribution in [0, 0.1) is 6.57 Å². The average Bonchev–Trinajstić information content (AvgIpc) is 2.60. The summed E-state index contributed by atoms with van der Waals surface area (Å²) in [6, 6.07) is 12.1. The summed E-state index contributed by atoms with van der Waals surface area (Å²) in [6.45, 7) is 7.41. The van der Waals surface area contributed by atoms with Gasteiger partial charge in [-0.15, -0.1) is 0 Å². The smallest absolute Gasteiger partial charge is 0.320 e. The van der Waals surface area contributed by atoms with Gasteiger partial charge in [-0.1, -0.05) is 30.3 Å². The monoisotopic (exact) mass is 306 g/mol. The Bertz CT molecular complexity index is 807. The summed E-state index contributed by atoms with van der Waals surface area (Å²) >= 11 is 0. The van der Waals surface area contributed by atoms with E-state index in [1.165, 1.54) is 13.3 Å². The van der Waals surface area contributed by atoms with Gasteiger partial charge in [0.25, 0.3) is 5.78 Å². The van der Waals surface area contributed by atoms with Gasteiger partial charge in [-0.3, -0.25) is 14.6 Å². The van der Waals surface area contributed by atoms with E-state index in [0.717, 1.165) is 5.56 Å². The van der Waals surface area contributed by atoms with Crippen LogP contribution in [-0.4, -0.2) is 25.1 Å². The maximum absolute atomic E-state index is 12.3. The second kappa shape index (κ2) is 6.32. The van der Waals surface area contributed by atoms with Crippen molar-refractivity contribution in [3.05, 3.63) is 65.0 Å². The Morgan fingerprint density at radius 3 is 2.70 bits per heavy atom. The highest BCUT2D eigenvalue weighted by Gasteiger charge is 2.30. The largest absolute Gasteiger partial charge is 0.493 e. The average molecular weight is 306 g/mol. The quantitative estimate of drug-likeness (QED) is 0.813. The normalized spacial score (nSPS) is 15.7. The Kier molecular flexibility index (Phi) is 4.07. The fourth-order valence-electron chi connectivity index (χ4n) is 2.33. The van der Waals surface area contributed by atoms with Crippen LogP contribution < -0.4 is 9.47 Å². The number of hydrogen-bond donors (Lipinski definition) is 0. The molecule has 3 rings (SSSR count). The summed E-state index contributed by atoms with van der Waals surface area (Å²) in [5.74, 6) is 0.701. The van der Waals surface area contributed by atoms with Gasteiger partial charge in [0.15, 0.2) is 11.5 Å². The molecule has 2 aromatic carbocycles. The Morgan fingerprint density at radius 2 is 2.00 bits per heavy atom. The van der Waals surface area contributed by atoms with E-state index in [1.807, 2.05) is 30.3 Å². The molecule has 1 atom stereocenters. The molecule has 5 heteroatoms. The zero-order chi connectivity index (χ0) is 16.2. The van der Waals surface area contributed by atoms with Crippen molar-refractivity contribution in [2.75, 3.05) is 7.11 Å². The van der Waals surface area contributed by atoms with Gasteiger partial charge in [0.2, 0.25) is 0 Å². The summed E-state index contributed by atoms with van der Waals surface area (Å²) in [5, 5.41) is 0. The molecule has 0 fully saturated rings. The van der Waals surface area contributed by atoms with Crippen LogP contribution in [0.1, 0.15) is 15.9 Å². The molecule has 0 radical (unpaired) electrons. The fourth-order valence-corrected chi connectivity index (χ4v) is 2.33. The number of aliphatic imine (C=N–C) groups is 1. The van der Waals surface area contributed by atoms with Crippen LogP contribution in [0.5, 0.6) is 11.5 Å². The Hall–Kier alpha value is -3.13. The van der Waals surface area contributed by atoms with Crippen LogP contribution in [0.25, 0.3) is 4.85 Å². The second-order valence-electron chi connectivity index (χ2n) is 5.01. The Labute approximate surface area is 134 Å². The molecule has 0 bridgehead atoms. The van der Waals surface area contributed by atoms with Crippen LogP contribution in [0.4, 0.5) is 5.69 Å². The Balaban J connectivity index is 1.92. The van der Waals surface area contributed by atoms with Crippen molar-refractivity contribution in [2.45, 2.75) is 12.6 Å². The molecule has 2 aromatic rings. The van der Waals surface area contributed by atoms with Gasteiger partial charge >= 0.3 is 6.04 Å². The summed E-state index contributed by atoms with van der Waals surface area (Å²) in [7, 11) is 1.54. The molecule has 0 saturated heterocycles. The molecule has 0 aliphatic carbocycles. The molecule has 114 valence electrons. The first-order valence-electron chi connectivity index (χ1n) is 7.06. The number of rotatable bonds is 4. The number of carbonyl (C=O) groups is 1. The number of ketones is 1. The molecule has 1 aliphatic rings. The van der Waals surface area contributed by atoms with E-state index in [0.29, 0.717) is 29.4 Å². The topological polar surface area (TPSA) is 52.2 Å². The van der Waals surface area contributed by atoms with Gasteiger partial charge in [0.05, 0.1) is 24.6 Å². The molecule has 0 N–H and O–H groups in total.